The second kappa shape index (κ2) is 5.73. The van der Waals surface area contributed by atoms with Crippen LogP contribution in [0.1, 0.15) is 17.0 Å². The van der Waals surface area contributed by atoms with Gasteiger partial charge in [0.2, 0.25) is 10.0 Å². The van der Waals surface area contributed by atoms with Gasteiger partial charge in [-0.1, -0.05) is 23.2 Å². The molecular formula is C12H13Cl2N3O2S. The number of aryl methyl sites for hydroxylation is 1. The number of rotatable bonds is 4. The second-order valence-corrected chi connectivity index (χ2v) is 6.79. The largest absolute Gasteiger partial charge is 0.347 e. The van der Waals surface area contributed by atoms with Crippen LogP contribution in [0.4, 0.5) is 0 Å². The Morgan fingerprint density at radius 2 is 2.05 bits per heavy atom. The molecule has 5 nitrogen and oxygen atoms in total. The number of nitrogens with zero attached hydrogens (tertiary/aromatic N) is 1. The Balaban J connectivity index is 2.39. The summed E-state index contributed by atoms with van der Waals surface area (Å²) in [5, 5.41) is 0.545. The van der Waals surface area contributed by atoms with E-state index in [0.717, 1.165) is 0 Å². The van der Waals surface area contributed by atoms with Crippen LogP contribution in [0.5, 0.6) is 0 Å². The average Bonchev–Trinajstić information content (AvgIpc) is 2.87. The molecule has 1 aromatic heterocycles. The van der Waals surface area contributed by atoms with Crippen molar-refractivity contribution in [1.82, 2.24) is 14.7 Å². The van der Waals surface area contributed by atoms with E-state index in [4.69, 9.17) is 23.2 Å². The molecule has 1 heterocycles. The number of hydrogen-bond donors (Lipinski definition) is 2. The van der Waals surface area contributed by atoms with Crippen LogP contribution in [0.2, 0.25) is 10.0 Å². The monoisotopic (exact) mass is 333 g/mol. The van der Waals surface area contributed by atoms with E-state index in [1.807, 2.05) is 0 Å². The van der Waals surface area contributed by atoms with Gasteiger partial charge in [-0.2, -0.15) is 0 Å². The highest BCUT2D eigenvalue weighted by atomic mass is 35.5. The summed E-state index contributed by atoms with van der Waals surface area (Å²) in [7, 11) is -3.77. The molecule has 0 fully saturated rings. The first-order valence-corrected chi connectivity index (χ1v) is 8.00. The molecule has 0 saturated heterocycles. The average molecular weight is 334 g/mol. The van der Waals surface area contributed by atoms with Crippen LogP contribution in [-0.2, 0) is 16.6 Å². The van der Waals surface area contributed by atoms with Crippen LogP contribution in [0, 0.1) is 13.8 Å². The van der Waals surface area contributed by atoms with Crippen LogP contribution in [0.15, 0.2) is 23.4 Å². The van der Waals surface area contributed by atoms with Crippen LogP contribution in [-0.4, -0.2) is 18.4 Å². The summed E-state index contributed by atoms with van der Waals surface area (Å²) in [5.74, 6) is 0.515. The Bertz CT molecular complexity index is 701. The van der Waals surface area contributed by atoms with Gasteiger partial charge in [0.15, 0.2) is 0 Å². The fraction of sp³-hybridized carbons (Fsp3) is 0.250. The molecule has 0 saturated carbocycles. The third kappa shape index (κ3) is 2.98. The SMILES string of the molecule is Cc1cc(Cl)c(C)c(S(=O)(=O)NCc2ncc[nH]2)c1Cl. The Morgan fingerprint density at radius 1 is 1.35 bits per heavy atom. The van der Waals surface area contributed by atoms with Gasteiger partial charge in [0, 0.05) is 17.4 Å². The van der Waals surface area contributed by atoms with Gasteiger partial charge in [-0.05, 0) is 31.0 Å². The summed E-state index contributed by atoms with van der Waals surface area (Å²) in [4.78, 5) is 6.78. The van der Waals surface area contributed by atoms with Gasteiger partial charge in [0.25, 0.3) is 0 Å². The lowest BCUT2D eigenvalue weighted by molar-refractivity contribution is 0.579. The maximum atomic E-state index is 12.4. The van der Waals surface area contributed by atoms with Crippen molar-refractivity contribution in [1.29, 1.82) is 0 Å². The maximum Gasteiger partial charge on any atom is 0.242 e. The Kier molecular flexibility index (Phi) is 4.39. The number of halogens is 2. The van der Waals surface area contributed by atoms with Crippen molar-refractivity contribution >= 4 is 33.2 Å². The number of aromatic nitrogens is 2. The summed E-state index contributed by atoms with van der Waals surface area (Å²) >= 11 is 12.1. The fourth-order valence-electron chi connectivity index (χ4n) is 1.76. The molecule has 0 spiro atoms. The van der Waals surface area contributed by atoms with Gasteiger partial charge >= 0.3 is 0 Å². The number of sulfonamides is 1. The number of nitrogens with one attached hydrogen (secondary N) is 2. The predicted octanol–water partition coefficient (Wildman–Crippen LogP) is 2.81. The topological polar surface area (TPSA) is 74.8 Å². The normalized spacial score (nSPS) is 11.8. The van der Waals surface area contributed by atoms with Crippen LogP contribution in [0.3, 0.4) is 0 Å². The van der Waals surface area contributed by atoms with Crippen molar-refractivity contribution in [2.45, 2.75) is 25.3 Å². The summed E-state index contributed by atoms with van der Waals surface area (Å²) < 4.78 is 27.2. The number of benzene rings is 1. The van der Waals surface area contributed by atoms with E-state index < -0.39 is 10.0 Å². The standard InChI is InChI=1S/C12H13Cl2N3O2S/c1-7-5-9(13)8(2)12(11(7)14)20(18,19)17-6-10-15-3-4-16-10/h3-5,17H,6H2,1-2H3,(H,15,16). The lowest BCUT2D eigenvalue weighted by Gasteiger charge is -2.13. The Labute approximate surface area is 127 Å². The molecule has 20 heavy (non-hydrogen) atoms. The molecule has 0 amide bonds. The highest BCUT2D eigenvalue weighted by molar-refractivity contribution is 7.89. The molecule has 8 heteroatoms. The molecule has 0 unspecified atom stereocenters. The van der Waals surface area contributed by atoms with Gasteiger partial charge in [-0.25, -0.2) is 18.1 Å². The van der Waals surface area contributed by atoms with Gasteiger partial charge in [0.05, 0.1) is 11.6 Å². The van der Waals surface area contributed by atoms with E-state index in [1.54, 1.807) is 32.3 Å². The van der Waals surface area contributed by atoms with Gasteiger partial charge < -0.3 is 4.98 Å². The molecule has 1 aromatic carbocycles. The summed E-state index contributed by atoms with van der Waals surface area (Å²) in [6.07, 6.45) is 3.16. The molecule has 2 aromatic rings. The zero-order chi connectivity index (χ0) is 14.9. The van der Waals surface area contributed by atoms with E-state index >= 15 is 0 Å². The van der Waals surface area contributed by atoms with E-state index in [1.165, 1.54) is 0 Å². The smallest absolute Gasteiger partial charge is 0.242 e. The summed E-state index contributed by atoms with van der Waals surface area (Å²) in [6, 6.07) is 1.64. The molecule has 2 N–H and O–H groups in total. The minimum Gasteiger partial charge on any atom is -0.347 e. The lowest BCUT2D eigenvalue weighted by Crippen LogP contribution is -2.25. The van der Waals surface area contributed by atoms with Crippen LogP contribution in [0.25, 0.3) is 0 Å². The highest BCUT2D eigenvalue weighted by Gasteiger charge is 2.23. The van der Waals surface area contributed by atoms with Crippen molar-refractivity contribution in [2.75, 3.05) is 0 Å². The number of hydrogen-bond acceptors (Lipinski definition) is 3. The quantitative estimate of drug-likeness (QED) is 0.903. The van der Waals surface area contributed by atoms with E-state index in [2.05, 4.69) is 14.7 Å². The van der Waals surface area contributed by atoms with Gasteiger partial charge in [0.1, 0.15) is 10.7 Å². The van der Waals surface area contributed by atoms with Crippen molar-refractivity contribution in [3.05, 3.63) is 45.5 Å². The Morgan fingerprint density at radius 3 is 2.65 bits per heavy atom. The van der Waals surface area contributed by atoms with Crippen molar-refractivity contribution in [3.63, 3.8) is 0 Å². The molecule has 2 rings (SSSR count). The predicted molar refractivity (Wildman–Crippen MR) is 78.5 cm³/mol. The third-order valence-corrected chi connectivity index (χ3v) is 5.40. The molecule has 0 aliphatic carbocycles. The molecule has 0 bridgehead atoms. The van der Waals surface area contributed by atoms with E-state index in [9.17, 15) is 8.42 Å². The fourth-order valence-corrected chi connectivity index (χ4v) is 3.96. The Hall–Kier alpha value is -1.08. The molecular weight excluding hydrogens is 321 g/mol. The molecule has 0 radical (unpaired) electrons. The zero-order valence-electron chi connectivity index (χ0n) is 10.9. The van der Waals surface area contributed by atoms with Crippen LogP contribution < -0.4 is 4.72 Å². The maximum absolute atomic E-state index is 12.4. The number of aromatic amines is 1. The van der Waals surface area contributed by atoms with Crippen molar-refractivity contribution in [3.8, 4) is 0 Å². The first kappa shape index (κ1) is 15.3. The molecule has 0 aliphatic heterocycles. The molecule has 108 valence electrons. The first-order valence-electron chi connectivity index (χ1n) is 5.76. The minimum atomic E-state index is -3.77. The van der Waals surface area contributed by atoms with Crippen molar-refractivity contribution in [2.24, 2.45) is 0 Å². The van der Waals surface area contributed by atoms with Gasteiger partial charge in [-0.15, -0.1) is 0 Å². The van der Waals surface area contributed by atoms with E-state index in [-0.39, 0.29) is 16.5 Å². The third-order valence-electron chi connectivity index (χ3n) is 2.84. The minimum absolute atomic E-state index is 0.00993. The molecule has 0 aliphatic rings. The number of imidazole rings is 1. The second-order valence-electron chi connectivity index (χ2n) is 4.30. The van der Waals surface area contributed by atoms with Gasteiger partial charge in [-0.3, -0.25) is 0 Å². The summed E-state index contributed by atoms with van der Waals surface area (Å²) in [6.45, 7) is 3.38. The lowest BCUT2D eigenvalue weighted by atomic mass is 10.2. The van der Waals surface area contributed by atoms with E-state index in [0.29, 0.717) is 22.0 Å². The zero-order valence-corrected chi connectivity index (χ0v) is 13.2. The number of H-pyrrole nitrogens is 1. The van der Waals surface area contributed by atoms with Crippen molar-refractivity contribution < 1.29 is 8.42 Å². The highest BCUT2D eigenvalue weighted by Crippen LogP contribution is 2.33. The summed E-state index contributed by atoms with van der Waals surface area (Å²) in [5.41, 5.74) is 1.04. The first-order chi connectivity index (χ1) is 9.33. The van der Waals surface area contributed by atoms with Crippen LogP contribution >= 0.6 is 23.2 Å². The molecule has 0 atom stereocenters.